The normalized spacial score (nSPS) is 22.0. The molecule has 0 amide bonds. The summed E-state index contributed by atoms with van der Waals surface area (Å²) in [5.74, 6) is 0. The number of hydrogen-bond donors (Lipinski definition) is 2. The van der Waals surface area contributed by atoms with Crippen LogP contribution >= 0.6 is 0 Å². The van der Waals surface area contributed by atoms with Crippen molar-refractivity contribution in [3.05, 3.63) is 74.4 Å². The van der Waals surface area contributed by atoms with Crippen molar-refractivity contribution in [2.45, 2.75) is 12.8 Å². The van der Waals surface area contributed by atoms with Crippen molar-refractivity contribution in [2.75, 3.05) is 0 Å². The highest BCUT2D eigenvalue weighted by Crippen LogP contribution is 2.51. The summed E-state index contributed by atoms with van der Waals surface area (Å²) in [6, 6.07) is 0. The van der Waals surface area contributed by atoms with Crippen LogP contribution in [0.4, 0.5) is 0 Å². The first-order valence-electron chi connectivity index (χ1n) is 6.23. The SMILES string of the molecule is C=CCC1(C2(CC=C)C=CNC=C2)C=CNC=C1. The molecular weight excluding hydrogens is 220 g/mol. The summed E-state index contributed by atoms with van der Waals surface area (Å²) in [5, 5.41) is 6.22. The van der Waals surface area contributed by atoms with Crippen molar-refractivity contribution in [2.24, 2.45) is 10.8 Å². The first-order chi connectivity index (χ1) is 8.79. The van der Waals surface area contributed by atoms with Gasteiger partial charge in [0.1, 0.15) is 0 Å². The van der Waals surface area contributed by atoms with Gasteiger partial charge in [-0.2, -0.15) is 0 Å². The van der Waals surface area contributed by atoms with Crippen LogP contribution < -0.4 is 10.6 Å². The Morgan fingerprint density at radius 2 is 1.06 bits per heavy atom. The molecule has 0 aliphatic carbocycles. The third kappa shape index (κ3) is 1.94. The lowest BCUT2D eigenvalue weighted by atomic mass is 9.59. The van der Waals surface area contributed by atoms with E-state index in [1.807, 2.05) is 37.0 Å². The average molecular weight is 240 g/mol. The van der Waals surface area contributed by atoms with Gasteiger partial charge in [-0.1, -0.05) is 36.5 Å². The first kappa shape index (κ1) is 12.5. The van der Waals surface area contributed by atoms with E-state index in [0.29, 0.717) is 0 Å². The summed E-state index contributed by atoms with van der Waals surface area (Å²) in [4.78, 5) is 0. The summed E-state index contributed by atoms with van der Waals surface area (Å²) >= 11 is 0. The molecule has 0 spiro atoms. The molecule has 94 valence electrons. The summed E-state index contributed by atoms with van der Waals surface area (Å²) in [6.07, 6.45) is 22.6. The molecule has 0 unspecified atom stereocenters. The molecule has 0 bridgehead atoms. The fraction of sp³-hybridized carbons (Fsp3) is 0.250. The fourth-order valence-electron chi connectivity index (χ4n) is 2.76. The molecule has 0 fully saturated rings. The van der Waals surface area contributed by atoms with Crippen molar-refractivity contribution in [1.29, 1.82) is 0 Å². The maximum Gasteiger partial charge on any atom is 0.0259 e. The lowest BCUT2D eigenvalue weighted by molar-refractivity contribution is 0.256. The Balaban J connectivity index is 2.49. The third-order valence-corrected chi connectivity index (χ3v) is 3.74. The molecule has 0 radical (unpaired) electrons. The van der Waals surface area contributed by atoms with E-state index in [2.05, 4.69) is 48.1 Å². The van der Waals surface area contributed by atoms with Crippen LogP contribution in [0.2, 0.25) is 0 Å². The Hall–Kier alpha value is -1.96. The van der Waals surface area contributed by atoms with Gasteiger partial charge in [0.05, 0.1) is 0 Å². The summed E-state index contributed by atoms with van der Waals surface area (Å²) < 4.78 is 0. The number of hydrogen-bond acceptors (Lipinski definition) is 2. The quantitative estimate of drug-likeness (QED) is 0.720. The highest BCUT2D eigenvalue weighted by molar-refractivity contribution is 5.34. The van der Waals surface area contributed by atoms with E-state index in [-0.39, 0.29) is 10.8 Å². The number of dihydropyridines is 2. The zero-order chi connectivity index (χ0) is 12.9. The van der Waals surface area contributed by atoms with E-state index in [0.717, 1.165) is 12.8 Å². The predicted octanol–water partition coefficient (Wildman–Crippen LogP) is 3.37. The maximum atomic E-state index is 3.91. The number of nitrogens with one attached hydrogen (secondary N) is 2. The lowest BCUT2D eigenvalue weighted by Crippen LogP contribution is -2.39. The van der Waals surface area contributed by atoms with Gasteiger partial charge in [-0.25, -0.2) is 0 Å². The Morgan fingerprint density at radius 1 is 0.722 bits per heavy atom. The van der Waals surface area contributed by atoms with Crippen molar-refractivity contribution in [3.8, 4) is 0 Å². The molecule has 2 heteroatoms. The topological polar surface area (TPSA) is 24.1 Å². The Bertz CT molecular complexity index is 372. The van der Waals surface area contributed by atoms with Gasteiger partial charge >= 0.3 is 0 Å². The monoisotopic (exact) mass is 240 g/mol. The second-order valence-corrected chi connectivity index (χ2v) is 4.73. The molecule has 0 aromatic heterocycles. The van der Waals surface area contributed by atoms with Crippen molar-refractivity contribution >= 4 is 0 Å². The minimum absolute atomic E-state index is 0.0801. The maximum absolute atomic E-state index is 3.91. The molecular formula is C16H20N2. The van der Waals surface area contributed by atoms with Gasteiger partial charge in [0.25, 0.3) is 0 Å². The van der Waals surface area contributed by atoms with Gasteiger partial charge in [0.2, 0.25) is 0 Å². The standard InChI is InChI=1S/C16H20N2/c1-3-5-15(7-11-17-12-8-15)16(6-4-2)9-13-18-14-10-16/h3-4,7-14,17-18H,1-2,5-6H2. The summed E-state index contributed by atoms with van der Waals surface area (Å²) in [5.41, 5.74) is -0.160. The minimum Gasteiger partial charge on any atom is -0.368 e. The third-order valence-electron chi connectivity index (χ3n) is 3.74. The fourth-order valence-corrected chi connectivity index (χ4v) is 2.76. The molecule has 2 aliphatic heterocycles. The van der Waals surface area contributed by atoms with Crippen molar-refractivity contribution in [1.82, 2.24) is 10.6 Å². The first-order valence-corrected chi connectivity index (χ1v) is 6.23. The van der Waals surface area contributed by atoms with E-state index in [9.17, 15) is 0 Å². The predicted molar refractivity (Wildman–Crippen MR) is 77.3 cm³/mol. The Morgan fingerprint density at radius 3 is 1.33 bits per heavy atom. The molecule has 0 aromatic rings. The van der Waals surface area contributed by atoms with Crippen LogP contribution in [0.3, 0.4) is 0 Å². The summed E-state index contributed by atoms with van der Waals surface area (Å²) in [6.45, 7) is 7.82. The van der Waals surface area contributed by atoms with Crippen molar-refractivity contribution in [3.63, 3.8) is 0 Å². The van der Waals surface area contributed by atoms with Gasteiger partial charge in [0, 0.05) is 10.8 Å². The van der Waals surface area contributed by atoms with Gasteiger partial charge in [-0.05, 0) is 37.6 Å². The van der Waals surface area contributed by atoms with Crippen LogP contribution in [-0.4, -0.2) is 0 Å². The number of allylic oxidation sites excluding steroid dienone is 6. The molecule has 2 rings (SSSR count). The van der Waals surface area contributed by atoms with Crippen LogP contribution in [0.5, 0.6) is 0 Å². The molecule has 18 heavy (non-hydrogen) atoms. The number of rotatable bonds is 5. The minimum atomic E-state index is -0.0801. The molecule has 2 aliphatic rings. The molecule has 0 atom stereocenters. The van der Waals surface area contributed by atoms with Gasteiger partial charge < -0.3 is 10.6 Å². The van der Waals surface area contributed by atoms with Crippen LogP contribution in [0.25, 0.3) is 0 Å². The van der Waals surface area contributed by atoms with E-state index in [4.69, 9.17) is 0 Å². The summed E-state index contributed by atoms with van der Waals surface area (Å²) in [7, 11) is 0. The van der Waals surface area contributed by atoms with E-state index in [1.165, 1.54) is 0 Å². The largest absolute Gasteiger partial charge is 0.368 e. The Kier molecular flexibility index (Phi) is 3.56. The second-order valence-electron chi connectivity index (χ2n) is 4.73. The van der Waals surface area contributed by atoms with Crippen LogP contribution in [0.15, 0.2) is 74.4 Å². The van der Waals surface area contributed by atoms with Gasteiger partial charge in [-0.3, -0.25) is 0 Å². The van der Waals surface area contributed by atoms with E-state index >= 15 is 0 Å². The zero-order valence-electron chi connectivity index (χ0n) is 10.6. The lowest BCUT2D eigenvalue weighted by Gasteiger charge is -2.45. The highest BCUT2D eigenvalue weighted by atomic mass is 14.8. The van der Waals surface area contributed by atoms with Gasteiger partial charge in [-0.15, -0.1) is 13.2 Å². The smallest absolute Gasteiger partial charge is 0.0259 e. The van der Waals surface area contributed by atoms with E-state index < -0.39 is 0 Å². The highest BCUT2D eigenvalue weighted by Gasteiger charge is 2.44. The van der Waals surface area contributed by atoms with Crippen LogP contribution in [-0.2, 0) is 0 Å². The second kappa shape index (κ2) is 5.13. The average Bonchev–Trinajstić information content (AvgIpc) is 2.41. The Labute approximate surface area is 109 Å². The van der Waals surface area contributed by atoms with Crippen molar-refractivity contribution < 1.29 is 0 Å². The molecule has 2 N–H and O–H groups in total. The molecule has 0 saturated heterocycles. The molecule has 2 nitrogen and oxygen atoms in total. The zero-order valence-corrected chi connectivity index (χ0v) is 10.6. The van der Waals surface area contributed by atoms with Crippen LogP contribution in [0.1, 0.15) is 12.8 Å². The van der Waals surface area contributed by atoms with Crippen LogP contribution in [0, 0.1) is 10.8 Å². The molecule has 2 heterocycles. The van der Waals surface area contributed by atoms with Gasteiger partial charge in [0.15, 0.2) is 0 Å². The van der Waals surface area contributed by atoms with E-state index in [1.54, 1.807) is 0 Å². The molecule has 0 saturated carbocycles. The molecule has 0 aromatic carbocycles.